The number of hydrogen-bond acceptors (Lipinski definition) is 4. The largest absolute Gasteiger partial charge is 0.461 e. The van der Waals surface area contributed by atoms with Gasteiger partial charge >= 0.3 is 18.1 Å². The van der Waals surface area contributed by atoms with Crippen LogP contribution in [-0.4, -0.2) is 33.1 Å². The minimum absolute atomic E-state index is 0.105. The van der Waals surface area contributed by atoms with Gasteiger partial charge in [0.15, 0.2) is 5.69 Å². The minimum atomic E-state index is -5.77. The third-order valence-corrected chi connectivity index (χ3v) is 3.44. The van der Waals surface area contributed by atoms with Gasteiger partial charge in [-0.1, -0.05) is 13.8 Å². The lowest BCUT2D eigenvalue weighted by Crippen LogP contribution is -2.34. The monoisotopic (exact) mass is 389 g/mol. The highest BCUT2D eigenvalue weighted by Gasteiger charge is 2.60. The fraction of sp³-hybridized carbons (Fsp3) is 0.353. The first kappa shape index (κ1) is 20.5. The number of carbonyl (C=O) groups is 1. The van der Waals surface area contributed by atoms with Gasteiger partial charge in [0.1, 0.15) is 17.0 Å². The highest BCUT2D eigenvalue weighted by molar-refractivity contribution is 5.89. The van der Waals surface area contributed by atoms with E-state index in [9.17, 15) is 26.7 Å². The summed E-state index contributed by atoms with van der Waals surface area (Å²) in [5, 5.41) is 0.307. The molecule has 3 aromatic rings. The number of hydrogen-bond donors (Lipinski definition) is 0. The van der Waals surface area contributed by atoms with E-state index in [0.717, 1.165) is 10.5 Å². The standard InChI is InChI=1S/C15H10F5N3O2.C2H6/c1-2-25-13(24)9-7-23-11(21-9)6-4-8-3-5-10(22-12(8)23)14(16,17)15(18,19)20;1-2/h3-7H,2H2,1H3;1-2H3. The molecule has 0 fully saturated rings. The molecule has 0 N–H and O–H groups in total. The molecule has 0 amide bonds. The van der Waals surface area contributed by atoms with Crippen LogP contribution in [0.5, 0.6) is 0 Å². The molecule has 0 saturated carbocycles. The Morgan fingerprint density at radius 1 is 1.07 bits per heavy atom. The summed E-state index contributed by atoms with van der Waals surface area (Å²) in [4.78, 5) is 19.1. The molecule has 0 spiro atoms. The Kier molecular flexibility index (Phi) is 5.67. The number of imidazole rings is 1. The molecule has 0 atom stereocenters. The molecule has 5 nitrogen and oxygen atoms in total. The molecule has 0 aliphatic rings. The Hall–Kier alpha value is -2.78. The van der Waals surface area contributed by atoms with E-state index < -0.39 is 23.8 Å². The molecule has 0 saturated heterocycles. The maximum atomic E-state index is 13.5. The predicted molar refractivity (Wildman–Crippen MR) is 87.7 cm³/mol. The van der Waals surface area contributed by atoms with Crippen LogP contribution in [0, 0.1) is 0 Å². The molecule has 3 heterocycles. The van der Waals surface area contributed by atoms with Crippen molar-refractivity contribution >= 4 is 22.6 Å². The molecular weight excluding hydrogens is 373 g/mol. The molecule has 146 valence electrons. The van der Waals surface area contributed by atoms with Crippen molar-refractivity contribution in [1.82, 2.24) is 14.4 Å². The van der Waals surface area contributed by atoms with Gasteiger partial charge in [0, 0.05) is 11.6 Å². The second-order valence-electron chi connectivity index (χ2n) is 5.09. The highest BCUT2D eigenvalue weighted by atomic mass is 19.4. The molecule has 0 aliphatic heterocycles. The minimum Gasteiger partial charge on any atom is -0.461 e. The normalized spacial score (nSPS) is 12.0. The smallest absolute Gasteiger partial charge is 0.459 e. The molecule has 0 bridgehead atoms. The molecule has 0 radical (unpaired) electrons. The lowest BCUT2D eigenvalue weighted by atomic mass is 10.2. The van der Waals surface area contributed by atoms with Crippen LogP contribution in [0.25, 0.3) is 16.7 Å². The first-order valence-electron chi connectivity index (χ1n) is 8.06. The number of ether oxygens (including phenoxy) is 1. The van der Waals surface area contributed by atoms with Gasteiger partial charge in [-0.05, 0) is 31.2 Å². The van der Waals surface area contributed by atoms with Gasteiger partial charge in [-0.15, -0.1) is 0 Å². The van der Waals surface area contributed by atoms with Crippen molar-refractivity contribution in [2.45, 2.75) is 32.9 Å². The van der Waals surface area contributed by atoms with E-state index in [1.54, 1.807) is 6.92 Å². The average Bonchev–Trinajstić information content (AvgIpc) is 3.07. The van der Waals surface area contributed by atoms with Gasteiger partial charge in [-0.25, -0.2) is 14.8 Å². The third-order valence-electron chi connectivity index (χ3n) is 3.44. The van der Waals surface area contributed by atoms with Crippen LogP contribution in [0.2, 0.25) is 0 Å². The van der Waals surface area contributed by atoms with Crippen LogP contribution in [0.15, 0.2) is 30.5 Å². The predicted octanol–water partition coefficient (Wildman–Crippen LogP) is 4.74. The topological polar surface area (TPSA) is 56.5 Å². The van der Waals surface area contributed by atoms with E-state index in [-0.39, 0.29) is 23.6 Å². The number of esters is 1. The molecular formula is C17H16F5N3O2. The van der Waals surface area contributed by atoms with Gasteiger partial charge in [0.25, 0.3) is 0 Å². The zero-order chi connectivity index (χ0) is 20.4. The summed E-state index contributed by atoms with van der Waals surface area (Å²) in [6.45, 7) is 5.70. The number of aromatic nitrogens is 3. The second kappa shape index (κ2) is 7.45. The Morgan fingerprint density at radius 3 is 2.30 bits per heavy atom. The van der Waals surface area contributed by atoms with Crippen LogP contribution in [0.4, 0.5) is 22.0 Å². The maximum absolute atomic E-state index is 13.5. The van der Waals surface area contributed by atoms with Crippen molar-refractivity contribution in [3.63, 3.8) is 0 Å². The Balaban J connectivity index is 0.00000126. The molecule has 0 unspecified atom stereocenters. The Morgan fingerprint density at radius 2 is 1.70 bits per heavy atom. The number of pyridine rings is 2. The SMILES string of the molecule is CC.CCOC(=O)c1cn2c(ccc3ccc(C(F)(F)C(F)(F)F)nc32)n1. The molecule has 0 aliphatic carbocycles. The zero-order valence-corrected chi connectivity index (χ0v) is 14.6. The summed E-state index contributed by atoms with van der Waals surface area (Å²) in [5.74, 6) is -5.84. The van der Waals surface area contributed by atoms with Gasteiger partial charge in [0.2, 0.25) is 0 Å². The summed E-state index contributed by atoms with van der Waals surface area (Å²) in [6.07, 6.45) is -4.59. The van der Waals surface area contributed by atoms with E-state index in [0.29, 0.717) is 11.5 Å². The number of rotatable bonds is 3. The Labute approximate surface area is 150 Å². The average molecular weight is 389 g/mol. The number of carbonyl (C=O) groups excluding carboxylic acids is 1. The van der Waals surface area contributed by atoms with Crippen molar-refractivity contribution in [3.8, 4) is 0 Å². The maximum Gasteiger partial charge on any atom is 0.459 e. The first-order valence-corrected chi connectivity index (χ1v) is 8.06. The quantitative estimate of drug-likeness (QED) is 0.480. The van der Waals surface area contributed by atoms with Crippen molar-refractivity contribution in [2.24, 2.45) is 0 Å². The van der Waals surface area contributed by atoms with Crippen molar-refractivity contribution in [1.29, 1.82) is 0 Å². The van der Waals surface area contributed by atoms with Gasteiger partial charge < -0.3 is 4.74 Å². The van der Waals surface area contributed by atoms with Gasteiger partial charge in [-0.3, -0.25) is 4.40 Å². The second-order valence-corrected chi connectivity index (χ2v) is 5.09. The molecule has 3 aromatic heterocycles. The lowest BCUT2D eigenvalue weighted by molar-refractivity contribution is -0.290. The summed E-state index contributed by atoms with van der Waals surface area (Å²) in [7, 11) is 0. The fourth-order valence-corrected chi connectivity index (χ4v) is 2.25. The summed E-state index contributed by atoms with van der Waals surface area (Å²) >= 11 is 0. The number of fused-ring (bicyclic) bond motifs is 3. The summed E-state index contributed by atoms with van der Waals surface area (Å²) < 4.78 is 70.7. The number of halogens is 5. The summed E-state index contributed by atoms with van der Waals surface area (Å²) in [5.41, 5.74) is -1.56. The fourth-order valence-electron chi connectivity index (χ4n) is 2.25. The van der Waals surface area contributed by atoms with Crippen LogP contribution in [0.1, 0.15) is 37.0 Å². The highest BCUT2D eigenvalue weighted by Crippen LogP contribution is 2.43. The Bertz CT molecular complexity index is 966. The molecule has 10 heteroatoms. The van der Waals surface area contributed by atoms with E-state index in [1.807, 2.05) is 13.8 Å². The first-order chi connectivity index (χ1) is 12.6. The van der Waals surface area contributed by atoms with E-state index in [4.69, 9.17) is 4.74 Å². The van der Waals surface area contributed by atoms with Crippen molar-refractivity contribution in [3.05, 3.63) is 41.9 Å². The van der Waals surface area contributed by atoms with Crippen molar-refractivity contribution in [2.75, 3.05) is 6.61 Å². The van der Waals surface area contributed by atoms with Crippen LogP contribution in [0.3, 0.4) is 0 Å². The number of alkyl halides is 5. The van der Waals surface area contributed by atoms with Gasteiger partial charge in [0.05, 0.1) is 6.61 Å². The summed E-state index contributed by atoms with van der Waals surface area (Å²) in [6, 6.07) is 4.65. The van der Waals surface area contributed by atoms with Crippen LogP contribution in [-0.2, 0) is 10.7 Å². The van der Waals surface area contributed by atoms with Gasteiger partial charge in [-0.2, -0.15) is 22.0 Å². The van der Waals surface area contributed by atoms with E-state index >= 15 is 0 Å². The van der Waals surface area contributed by atoms with Crippen molar-refractivity contribution < 1.29 is 31.5 Å². The third kappa shape index (κ3) is 3.69. The van der Waals surface area contributed by atoms with Crippen LogP contribution >= 0.6 is 0 Å². The van der Waals surface area contributed by atoms with E-state index in [2.05, 4.69) is 9.97 Å². The number of nitrogens with zero attached hydrogens (tertiary/aromatic N) is 3. The molecule has 27 heavy (non-hydrogen) atoms. The zero-order valence-electron chi connectivity index (χ0n) is 14.6. The molecule has 3 rings (SSSR count). The van der Waals surface area contributed by atoms with E-state index in [1.165, 1.54) is 18.3 Å². The lowest BCUT2D eigenvalue weighted by Gasteiger charge is -2.19. The molecule has 0 aromatic carbocycles. The van der Waals surface area contributed by atoms with Crippen LogP contribution < -0.4 is 0 Å².